The van der Waals surface area contributed by atoms with Crippen LogP contribution in [0.1, 0.15) is 36.5 Å². The van der Waals surface area contributed by atoms with Gasteiger partial charge < -0.3 is 9.52 Å². The molecule has 0 aliphatic carbocycles. The van der Waals surface area contributed by atoms with Crippen molar-refractivity contribution in [3.8, 4) is 0 Å². The molecule has 0 spiro atoms. The lowest BCUT2D eigenvalue weighted by molar-refractivity contribution is -0.137. The maximum atomic E-state index is 11.3. The molecule has 1 aromatic heterocycles. The molecule has 3 rings (SSSR count). The molecule has 0 amide bonds. The zero-order valence-corrected chi connectivity index (χ0v) is 14.3. The van der Waals surface area contributed by atoms with Gasteiger partial charge in [0.25, 0.3) is 0 Å². The van der Waals surface area contributed by atoms with Crippen LogP contribution in [0.4, 0.5) is 0 Å². The lowest BCUT2D eigenvalue weighted by Crippen LogP contribution is -2.35. The van der Waals surface area contributed by atoms with Crippen molar-refractivity contribution in [1.29, 1.82) is 0 Å². The maximum Gasteiger partial charge on any atom is 0.303 e. The molecule has 1 atom stereocenters. The molecule has 1 fully saturated rings. The number of nitrogens with zero attached hydrogens (tertiary/aromatic N) is 1. The van der Waals surface area contributed by atoms with Crippen molar-refractivity contribution in [2.24, 2.45) is 5.92 Å². The third-order valence-corrected chi connectivity index (χ3v) is 5.03. The Morgan fingerprint density at radius 2 is 1.92 bits per heavy atom. The summed E-state index contributed by atoms with van der Waals surface area (Å²) in [6.45, 7) is 2.66. The zero-order valence-electron chi connectivity index (χ0n) is 13.5. The first-order valence-electron chi connectivity index (χ1n) is 8.35. The van der Waals surface area contributed by atoms with Gasteiger partial charge in [0.05, 0.1) is 13.0 Å². The van der Waals surface area contributed by atoms with Gasteiger partial charge in [0, 0.05) is 0 Å². The van der Waals surface area contributed by atoms with Gasteiger partial charge in [-0.25, -0.2) is 0 Å². The molecule has 0 radical (unpaired) electrons. The Morgan fingerprint density at radius 1 is 1.21 bits per heavy atom. The summed E-state index contributed by atoms with van der Waals surface area (Å²) in [4.78, 5) is 13.6. The molecule has 0 bridgehead atoms. The van der Waals surface area contributed by atoms with E-state index in [4.69, 9.17) is 16.0 Å². The number of likely N-dealkylation sites (tertiary alicyclic amines) is 1. The van der Waals surface area contributed by atoms with Gasteiger partial charge in [0.2, 0.25) is 0 Å². The van der Waals surface area contributed by atoms with Gasteiger partial charge in [-0.05, 0) is 67.1 Å². The molecule has 128 valence electrons. The van der Waals surface area contributed by atoms with E-state index in [1.165, 1.54) is 0 Å². The van der Waals surface area contributed by atoms with Crippen LogP contribution in [0.2, 0.25) is 5.22 Å². The van der Waals surface area contributed by atoms with Crippen molar-refractivity contribution >= 4 is 17.6 Å². The van der Waals surface area contributed by atoms with Crippen LogP contribution < -0.4 is 0 Å². The number of hydrogen-bond donors (Lipinski definition) is 1. The topological polar surface area (TPSA) is 53.7 Å². The van der Waals surface area contributed by atoms with E-state index in [0.717, 1.165) is 43.8 Å². The standard InChI is InChI=1S/C19H22ClNO3/c20-18-7-6-16(24-18)13-21-10-8-15(9-11-21)17(12-19(22)23)14-4-2-1-3-5-14/h1-7,15,17H,8-13H2,(H,22,23). The summed E-state index contributed by atoms with van der Waals surface area (Å²) >= 11 is 5.82. The first kappa shape index (κ1) is 17.1. The van der Waals surface area contributed by atoms with Gasteiger partial charge in [-0.1, -0.05) is 30.3 Å². The number of carboxylic acid groups (broad SMARTS) is 1. The Labute approximate surface area is 147 Å². The van der Waals surface area contributed by atoms with Gasteiger partial charge in [0.1, 0.15) is 5.76 Å². The normalized spacial score (nSPS) is 17.7. The van der Waals surface area contributed by atoms with E-state index in [0.29, 0.717) is 11.1 Å². The molecule has 5 heteroatoms. The summed E-state index contributed by atoms with van der Waals surface area (Å²) in [6.07, 6.45) is 2.20. The Kier molecular flexibility index (Phi) is 5.59. The number of carboxylic acids is 1. The highest BCUT2D eigenvalue weighted by atomic mass is 35.5. The van der Waals surface area contributed by atoms with Crippen molar-refractivity contribution in [3.05, 3.63) is 59.0 Å². The first-order valence-corrected chi connectivity index (χ1v) is 8.73. The Morgan fingerprint density at radius 3 is 2.50 bits per heavy atom. The van der Waals surface area contributed by atoms with Crippen LogP contribution in [0.3, 0.4) is 0 Å². The summed E-state index contributed by atoms with van der Waals surface area (Å²) in [7, 11) is 0. The Balaban J connectivity index is 1.61. The molecule has 1 saturated heterocycles. The lowest BCUT2D eigenvalue weighted by atomic mass is 9.78. The monoisotopic (exact) mass is 347 g/mol. The molecule has 1 aliphatic rings. The highest BCUT2D eigenvalue weighted by Crippen LogP contribution is 2.35. The lowest BCUT2D eigenvalue weighted by Gasteiger charge is -2.35. The summed E-state index contributed by atoms with van der Waals surface area (Å²) in [5.74, 6) is 0.643. The van der Waals surface area contributed by atoms with Crippen molar-refractivity contribution in [1.82, 2.24) is 4.90 Å². The first-order chi connectivity index (χ1) is 11.6. The van der Waals surface area contributed by atoms with Gasteiger partial charge >= 0.3 is 5.97 Å². The third-order valence-electron chi connectivity index (χ3n) is 4.83. The number of piperidine rings is 1. The van der Waals surface area contributed by atoms with Crippen molar-refractivity contribution in [2.75, 3.05) is 13.1 Å². The van der Waals surface area contributed by atoms with Gasteiger partial charge in [-0.3, -0.25) is 9.69 Å². The minimum absolute atomic E-state index is 0.0870. The maximum absolute atomic E-state index is 11.3. The Bertz CT molecular complexity index is 662. The fraction of sp³-hybridized carbons (Fsp3) is 0.421. The SMILES string of the molecule is O=C(O)CC(c1ccccc1)C1CCN(Cc2ccc(Cl)o2)CC1. The minimum atomic E-state index is -0.725. The number of hydrogen-bond acceptors (Lipinski definition) is 3. The molecule has 0 saturated carbocycles. The molecule has 1 unspecified atom stereocenters. The zero-order chi connectivity index (χ0) is 16.9. The van der Waals surface area contributed by atoms with Crippen LogP contribution in [-0.2, 0) is 11.3 Å². The Hall–Kier alpha value is -1.78. The largest absolute Gasteiger partial charge is 0.481 e. The van der Waals surface area contributed by atoms with E-state index in [2.05, 4.69) is 4.90 Å². The predicted octanol–water partition coefficient (Wildman–Crippen LogP) is 4.40. The number of furan rings is 1. The molecular formula is C19H22ClNO3. The second-order valence-electron chi connectivity index (χ2n) is 6.43. The van der Waals surface area contributed by atoms with E-state index in [1.807, 2.05) is 36.4 Å². The molecule has 1 N–H and O–H groups in total. The van der Waals surface area contributed by atoms with Crippen molar-refractivity contribution < 1.29 is 14.3 Å². The fourth-order valence-electron chi connectivity index (χ4n) is 3.62. The second-order valence-corrected chi connectivity index (χ2v) is 6.81. The highest BCUT2D eigenvalue weighted by molar-refractivity contribution is 6.28. The number of carbonyl (C=O) groups is 1. The van der Waals surface area contributed by atoms with Gasteiger partial charge in [-0.15, -0.1) is 0 Å². The molecule has 4 nitrogen and oxygen atoms in total. The number of halogens is 1. The number of benzene rings is 1. The van der Waals surface area contributed by atoms with E-state index in [9.17, 15) is 9.90 Å². The molecule has 2 heterocycles. The van der Waals surface area contributed by atoms with Gasteiger partial charge in [-0.2, -0.15) is 0 Å². The van der Waals surface area contributed by atoms with Gasteiger partial charge in [0.15, 0.2) is 5.22 Å². The molecular weight excluding hydrogens is 326 g/mol. The van der Waals surface area contributed by atoms with Crippen LogP contribution in [-0.4, -0.2) is 29.1 Å². The van der Waals surface area contributed by atoms with E-state index in [-0.39, 0.29) is 12.3 Å². The molecule has 2 aromatic rings. The number of aliphatic carboxylic acids is 1. The summed E-state index contributed by atoms with van der Waals surface area (Å²) in [5, 5.41) is 9.71. The van der Waals surface area contributed by atoms with Crippen LogP contribution in [0.15, 0.2) is 46.9 Å². The molecule has 24 heavy (non-hydrogen) atoms. The van der Waals surface area contributed by atoms with E-state index in [1.54, 1.807) is 6.07 Å². The average Bonchev–Trinajstić information content (AvgIpc) is 2.99. The molecule has 1 aliphatic heterocycles. The minimum Gasteiger partial charge on any atom is -0.481 e. The summed E-state index contributed by atoms with van der Waals surface area (Å²) in [6, 6.07) is 13.7. The van der Waals surface area contributed by atoms with Crippen molar-refractivity contribution in [3.63, 3.8) is 0 Å². The van der Waals surface area contributed by atoms with E-state index >= 15 is 0 Å². The van der Waals surface area contributed by atoms with Crippen LogP contribution in [0, 0.1) is 5.92 Å². The van der Waals surface area contributed by atoms with Crippen LogP contribution in [0.25, 0.3) is 0 Å². The average molecular weight is 348 g/mol. The van der Waals surface area contributed by atoms with Crippen LogP contribution >= 0.6 is 11.6 Å². The third kappa shape index (κ3) is 4.40. The van der Waals surface area contributed by atoms with Crippen molar-refractivity contribution in [2.45, 2.75) is 31.7 Å². The summed E-state index contributed by atoms with van der Waals surface area (Å²) in [5.41, 5.74) is 1.14. The molecule has 1 aromatic carbocycles. The highest BCUT2D eigenvalue weighted by Gasteiger charge is 2.29. The predicted molar refractivity (Wildman–Crippen MR) is 93.2 cm³/mol. The number of rotatable bonds is 6. The fourth-order valence-corrected chi connectivity index (χ4v) is 3.78. The van der Waals surface area contributed by atoms with E-state index < -0.39 is 5.97 Å². The second kappa shape index (κ2) is 7.86. The van der Waals surface area contributed by atoms with Crippen LogP contribution in [0.5, 0.6) is 0 Å². The quantitative estimate of drug-likeness (QED) is 0.841. The summed E-state index contributed by atoms with van der Waals surface area (Å²) < 4.78 is 5.43. The smallest absolute Gasteiger partial charge is 0.303 e.